The second kappa shape index (κ2) is 8.05. The SMILES string of the molecule is CCNC(C1CCCC(C)C1)C(C)Oc1cccc(Cl)c1. The molecule has 0 amide bonds. The van der Waals surface area contributed by atoms with Crippen molar-refractivity contribution in [3.63, 3.8) is 0 Å². The Hall–Kier alpha value is -0.730. The number of rotatable bonds is 6. The van der Waals surface area contributed by atoms with Crippen LogP contribution in [0.25, 0.3) is 0 Å². The van der Waals surface area contributed by atoms with Crippen molar-refractivity contribution in [3.8, 4) is 5.75 Å². The lowest BCUT2D eigenvalue weighted by Crippen LogP contribution is -2.47. The van der Waals surface area contributed by atoms with Crippen molar-refractivity contribution < 1.29 is 4.74 Å². The fraction of sp³-hybridized carbons (Fsp3) is 0.667. The Labute approximate surface area is 134 Å². The molecule has 1 aliphatic carbocycles. The molecule has 4 atom stereocenters. The standard InChI is InChI=1S/C18H28ClNO/c1-4-20-18(15-8-5-7-13(2)11-15)14(3)21-17-10-6-9-16(19)12-17/h6,9-10,12-15,18,20H,4-5,7-8,11H2,1-3H3. The summed E-state index contributed by atoms with van der Waals surface area (Å²) in [4.78, 5) is 0. The fourth-order valence-electron chi connectivity index (χ4n) is 3.59. The number of likely N-dealkylation sites (N-methyl/N-ethyl adjacent to an activating group) is 1. The minimum absolute atomic E-state index is 0.152. The van der Waals surface area contributed by atoms with E-state index in [1.165, 1.54) is 25.7 Å². The van der Waals surface area contributed by atoms with Gasteiger partial charge in [0.25, 0.3) is 0 Å². The van der Waals surface area contributed by atoms with Crippen LogP contribution in [-0.4, -0.2) is 18.7 Å². The van der Waals surface area contributed by atoms with Crippen molar-refractivity contribution in [2.45, 2.75) is 58.6 Å². The van der Waals surface area contributed by atoms with E-state index in [0.29, 0.717) is 12.0 Å². The summed E-state index contributed by atoms with van der Waals surface area (Å²) in [6.45, 7) is 7.70. The van der Waals surface area contributed by atoms with Gasteiger partial charge in [0.15, 0.2) is 0 Å². The first-order valence-corrected chi connectivity index (χ1v) is 8.63. The zero-order valence-corrected chi connectivity index (χ0v) is 14.2. The Balaban J connectivity index is 2.02. The van der Waals surface area contributed by atoms with E-state index in [0.717, 1.165) is 23.2 Å². The van der Waals surface area contributed by atoms with Crippen LogP contribution in [0.1, 0.15) is 46.5 Å². The van der Waals surface area contributed by atoms with Crippen LogP contribution in [-0.2, 0) is 0 Å². The summed E-state index contributed by atoms with van der Waals surface area (Å²) in [5.74, 6) is 2.41. The van der Waals surface area contributed by atoms with E-state index >= 15 is 0 Å². The number of benzene rings is 1. The smallest absolute Gasteiger partial charge is 0.121 e. The monoisotopic (exact) mass is 309 g/mol. The Morgan fingerprint density at radius 2 is 2.19 bits per heavy atom. The van der Waals surface area contributed by atoms with Crippen LogP contribution in [0.5, 0.6) is 5.75 Å². The third-order valence-corrected chi connectivity index (χ3v) is 4.78. The number of ether oxygens (including phenoxy) is 1. The van der Waals surface area contributed by atoms with E-state index in [1.54, 1.807) is 0 Å². The molecule has 1 aliphatic rings. The Bertz CT molecular complexity index is 437. The van der Waals surface area contributed by atoms with Gasteiger partial charge in [-0.05, 0) is 56.3 Å². The quantitative estimate of drug-likeness (QED) is 0.806. The number of halogens is 1. The highest BCUT2D eigenvalue weighted by atomic mass is 35.5. The lowest BCUT2D eigenvalue weighted by molar-refractivity contribution is 0.107. The minimum Gasteiger partial charge on any atom is -0.489 e. The summed E-state index contributed by atoms with van der Waals surface area (Å²) in [6.07, 6.45) is 5.49. The van der Waals surface area contributed by atoms with E-state index in [1.807, 2.05) is 24.3 Å². The second-order valence-electron chi connectivity index (χ2n) is 6.40. The van der Waals surface area contributed by atoms with Crippen molar-refractivity contribution in [1.29, 1.82) is 0 Å². The number of nitrogens with one attached hydrogen (secondary N) is 1. The van der Waals surface area contributed by atoms with E-state index < -0.39 is 0 Å². The summed E-state index contributed by atoms with van der Waals surface area (Å²) in [7, 11) is 0. The fourth-order valence-corrected chi connectivity index (χ4v) is 3.77. The molecular weight excluding hydrogens is 282 g/mol. The molecule has 0 bridgehead atoms. The molecule has 21 heavy (non-hydrogen) atoms. The molecule has 1 aromatic rings. The Kier molecular flexibility index (Phi) is 6.38. The van der Waals surface area contributed by atoms with E-state index in [-0.39, 0.29) is 6.10 Å². The van der Waals surface area contributed by atoms with Gasteiger partial charge in [0.2, 0.25) is 0 Å². The molecule has 0 radical (unpaired) electrons. The molecule has 1 N–H and O–H groups in total. The van der Waals surface area contributed by atoms with Crippen LogP contribution < -0.4 is 10.1 Å². The zero-order valence-electron chi connectivity index (χ0n) is 13.4. The molecule has 4 unspecified atom stereocenters. The van der Waals surface area contributed by atoms with E-state index in [4.69, 9.17) is 16.3 Å². The van der Waals surface area contributed by atoms with Crippen LogP contribution in [0, 0.1) is 11.8 Å². The highest BCUT2D eigenvalue weighted by Gasteiger charge is 2.30. The van der Waals surface area contributed by atoms with Gasteiger partial charge >= 0.3 is 0 Å². The van der Waals surface area contributed by atoms with Crippen LogP contribution in [0.15, 0.2) is 24.3 Å². The first-order chi connectivity index (χ1) is 10.1. The van der Waals surface area contributed by atoms with Crippen molar-refractivity contribution in [2.24, 2.45) is 11.8 Å². The minimum atomic E-state index is 0.152. The summed E-state index contributed by atoms with van der Waals surface area (Å²) >= 11 is 6.04. The Morgan fingerprint density at radius 3 is 2.86 bits per heavy atom. The van der Waals surface area contributed by atoms with E-state index in [9.17, 15) is 0 Å². The van der Waals surface area contributed by atoms with Gasteiger partial charge in [0, 0.05) is 11.1 Å². The first kappa shape index (κ1) is 16.6. The summed E-state index contributed by atoms with van der Waals surface area (Å²) in [6, 6.07) is 8.11. The summed E-state index contributed by atoms with van der Waals surface area (Å²) < 4.78 is 6.15. The van der Waals surface area contributed by atoms with Crippen LogP contribution >= 0.6 is 11.6 Å². The van der Waals surface area contributed by atoms with Gasteiger partial charge in [-0.15, -0.1) is 0 Å². The summed E-state index contributed by atoms with van der Waals surface area (Å²) in [5, 5.41) is 4.38. The second-order valence-corrected chi connectivity index (χ2v) is 6.83. The van der Waals surface area contributed by atoms with Crippen LogP contribution in [0.3, 0.4) is 0 Å². The lowest BCUT2D eigenvalue weighted by atomic mass is 9.77. The number of hydrogen-bond acceptors (Lipinski definition) is 2. The zero-order chi connectivity index (χ0) is 15.2. The van der Waals surface area contributed by atoms with E-state index in [2.05, 4.69) is 26.1 Å². The normalized spacial score (nSPS) is 25.3. The first-order valence-electron chi connectivity index (χ1n) is 8.25. The van der Waals surface area contributed by atoms with Gasteiger partial charge in [0.05, 0.1) is 0 Å². The Morgan fingerprint density at radius 1 is 1.38 bits per heavy atom. The summed E-state index contributed by atoms with van der Waals surface area (Å²) in [5.41, 5.74) is 0. The average molecular weight is 310 g/mol. The topological polar surface area (TPSA) is 21.3 Å². The highest BCUT2D eigenvalue weighted by molar-refractivity contribution is 6.30. The largest absolute Gasteiger partial charge is 0.489 e. The molecule has 0 saturated heterocycles. The van der Waals surface area contributed by atoms with Gasteiger partial charge in [0.1, 0.15) is 11.9 Å². The van der Waals surface area contributed by atoms with Crippen molar-refractivity contribution >= 4 is 11.6 Å². The van der Waals surface area contributed by atoms with Crippen LogP contribution in [0.4, 0.5) is 0 Å². The third-order valence-electron chi connectivity index (χ3n) is 4.55. The molecule has 2 rings (SSSR count). The molecule has 3 heteroatoms. The third kappa shape index (κ3) is 4.89. The molecule has 0 spiro atoms. The van der Waals surface area contributed by atoms with Gasteiger partial charge in [-0.25, -0.2) is 0 Å². The molecule has 1 fully saturated rings. The van der Waals surface area contributed by atoms with Gasteiger partial charge < -0.3 is 10.1 Å². The lowest BCUT2D eigenvalue weighted by Gasteiger charge is -2.37. The van der Waals surface area contributed by atoms with Crippen LogP contribution in [0.2, 0.25) is 5.02 Å². The average Bonchev–Trinajstić information content (AvgIpc) is 2.44. The maximum Gasteiger partial charge on any atom is 0.121 e. The van der Waals surface area contributed by atoms with Gasteiger partial charge in [-0.2, -0.15) is 0 Å². The van der Waals surface area contributed by atoms with Crippen molar-refractivity contribution in [3.05, 3.63) is 29.3 Å². The van der Waals surface area contributed by atoms with Crippen molar-refractivity contribution in [1.82, 2.24) is 5.32 Å². The molecule has 1 aromatic carbocycles. The van der Waals surface area contributed by atoms with Gasteiger partial charge in [-0.3, -0.25) is 0 Å². The maximum absolute atomic E-state index is 6.15. The predicted molar refractivity (Wildman–Crippen MR) is 90.1 cm³/mol. The molecule has 0 aromatic heterocycles. The molecule has 118 valence electrons. The molecular formula is C18H28ClNO. The van der Waals surface area contributed by atoms with Crippen molar-refractivity contribution in [2.75, 3.05) is 6.54 Å². The number of hydrogen-bond donors (Lipinski definition) is 1. The van der Waals surface area contributed by atoms with Gasteiger partial charge in [-0.1, -0.05) is 44.4 Å². The predicted octanol–water partition coefficient (Wildman–Crippen LogP) is 4.91. The highest BCUT2D eigenvalue weighted by Crippen LogP contribution is 2.32. The molecule has 1 saturated carbocycles. The maximum atomic E-state index is 6.15. The molecule has 0 aliphatic heterocycles. The molecule has 2 nitrogen and oxygen atoms in total. The molecule has 0 heterocycles.